The minimum absolute atomic E-state index is 0.674. The van der Waals surface area contributed by atoms with Gasteiger partial charge in [-0.3, -0.25) is 4.98 Å². The molecule has 56 valence electrons. The predicted octanol–water partition coefficient (Wildman–Crippen LogP) is 2.42. The van der Waals surface area contributed by atoms with Gasteiger partial charge < -0.3 is 4.42 Å². The molecule has 0 aliphatic carbocycles. The summed E-state index contributed by atoms with van der Waals surface area (Å²) in [5.74, 6) is 0. The van der Waals surface area contributed by atoms with Crippen LogP contribution in [0.25, 0.3) is 11.0 Å². The number of aryl methyl sites for hydroxylation is 1. The second-order valence-corrected chi connectivity index (χ2v) is 2.81. The molecule has 2 aromatic rings. The first-order valence-electron chi connectivity index (χ1n) is 3.31. The van der Waals surface area contributed by atoms with E-state index in [1.54, 1.807) is 12.4 Å². The molecule has 2 aromatic heterocycles. The fraction of sp³-hybridized carbons (Fsp3) is 0.125. The maximum absolute atomic E-state index is 5.30. The summed E-state index contributed by atoms with van der Waals surface area (Å²) < 4.78 is 5.30. The molecule has 0 aliphatic heterocycles. The quantitative estimate of drug-likeness (QED) is 0.607. The largest absolute Gasteiger partial charge is 0.448 e. The Morgan fingerprint density at radius 3 is 3.09 bits per heavy atom. The summed E-state index contributed by atoms with van der Waals surface area (Å²) in [6.07, 6.45) is 3.44. The van der Waals surface area contributed by atoms with Crippen LogP contribution in [-0.2, 0) is 0 Å². The van der Waals surface area contributed by atoms with E-state index in [0.29, 0.717) is 5.09 Å². The van der Waals surface area contributed by atoms with Crippen LogP contribution in [-0.4, -0.2) is 4.98 Å². The smallest absolute Gasteiger partial charge is 0.161 e. The monoisotopic (exact) mass is 165 g/mol. The topological polar surface area (TPSA) is 26.0 Å². The van der Waals surface area contributed by atoms with E-state index < -0.39 is 0 Å². The number of rotatable bonds is 0. The number of hydrogen-bond donors (Lipinski definition) is 1. The Hall–Kier alpha value is -0.960. The zero-order valence-electron chi connectivity index (χ0n) is 6.03. The molecule has 0 amide bonds. The molecular formula is C8H7NOS. The van der Waals surface area contributed by atoms with Crippen molar-refractivity contribution in [2.45, 2.75) is 12.0 Å². The second-order valence-electron chi connectivity index (χ2n) is 2.40. The summed E-state index contributed by atoms with van der Waals surface area (Å²) in [5, 5.41) is 1.76. The van der Waals surface area contributed by atoms with Crippen molar-refractivity contribution in [2.24, 2.45) is 0 Å². The van der Waals surface area contributed by atoms with Crippen molar-refractivity contribution in [3.63, 3.8) is 0 Å². The molecule has 0 radical (unpaired) electrons. The van der Waals surface area contributed by atoms with Crippen LogP contribution in [0.5, 0.6) is 0 Å². The van der Waals surface area contributed by atoms with E-state index in [4.69, 9.17) is 4.42 Å². The highest BCUT2D eigenvalue weighted by Gasteiger charge is 2.05. The van der Waals surface area contributed by atoms with E-state index >= 15 is 0 Å². The molecule has 0 atom stereocenters. The number of hydrogen-bond acceptors (Lipinski definition) is 3. The highest BCUT2D eigenvalue weighted by atomic mass is 32.1. The summed E-state index contributed by atoms with van der Waals surface area (Å²) in [6, 6.07) is 1.92. The van der Waals surface area contributed by atoms with Crippen LogP contribution in [0.2, 0.25) is 0 Å². The number of thiol groups is 1. The van der Waals surface area contributed by atoms with Gasteiger partial charge in [-0.05, 0) is 13.0 Å². The van der Waals surface area contributed by atoms with Gasteiger partial charge >= 0.3 is 0 Å². The highest BCUT2D eigenvalue weighted by Crippen LogP contribution is 2.25. The van der Waals surface area contributed by atoms with E-state index in [9.17, 15) is 0 Å². The fourth-order valence-electron chi connectivity index (χ4n) is 1.07. The first kappa shape index (κ1) is 6.73. The minimum Gasteiger partial charge on any atom is -0.448 e. The SMILES string of the molecule is Cc1c(S)oc2cnccc12. The molecule has 0 saturated carbocycles. The van der Waals surface area contributed by atoms with Gasteiger partial charge in [0.25, 0.3) is 0 Å². The van der Waals surface area contributed by atoms with Gasteiger partial charge in [0, 0.05) is 17.1 Å². The standard InChI is InChI=1S/C8H7NOS/c1-5-6-2-3-9-4-7(6)10-8(5)11/h2-4,11H,1H3. The third-order valence-corrected chi connectivity index (χ3v) is 2.14. The Morgan fingerprint density at radius 1 is 1.55 bits per heavy atom. The van der Waals surface area contributed by atoms with E-state index in [2.05, 4.69) is 17.6 Å². The molecule has 2 heterocycles. The summed E-state index contributed by atoms with van der Waals surface area (Å²) >= 11 is 4.16. The molecule has 0 aliphatic rings. The molecule has 2 rings (SSSR count). The van der Waals surface area contributed by atoms with Crippen LogP contribution in [0.4, 0.5) is 0 Å². The molecule has 11 heavy (non-hydrogen) atoms. The Bertz CT molecular complexity index is 394. The van der Waals surface area contributed by atoms with Gasteiger partial charge in [-0.15, -0.1) is 12.6 Å². The maximum Gasteiger partial charge on any atom is 0.161 e. The molecule has 0 spiro atoms. The number of furan rings is 1. The number of pyridine rings is 1. The Morgan fingerprint density at radius 2 is 2.36 bits per heavy atom. The average molecular weight is 165 g/mol. The number of aromatic nitrogens is 1. The van der Waals surface area contributed by atoms with Crippen molar-refractivity contribution < 1.29 is 4.42 Å². The normalized spacial score (nSPS) is 10.7. The minimum atomic E-state index is 0.674. The van der Waals surface area contributed by atoms with Crippen LogP contribution in [0.1, 0.15) is 5.56 Å². The van der Waals surface area contributed by atoms with Crippen LogP contribution in [0, 0.1) is 6.92 Å². The zero-order valence-corrected chi connectivity index (χ0v) is 6.93. The molecule has 0 unspecified atom stereocenters. The van der Waals surface area contributed by atoms with Gasteiger partial charge in [0.1, 0.15) is 0 Å². The first-order chi connectivity index (χ1) is 5.29. The van der Waals surface area contributed by atoms with Crippen molar-refractivity contribution in [1.29, 1.82) is 0 Å². The van der Waals surface area contributed by atoms with E-state index in [1.807, 2.05) is 13.0 Å². The van der Waals surface area contributed by atoms with E-state index in [-0.39, 0.29) is 0 Å². The summed E-state index contributed by atoms with van der Waals surface area (Å²) in [7, 11) is 0. The van der Waals surface area contributed by atoms with Gasteiger partial charge in [0.15, 0.2) is 10.7 Å². The van der Waals surface area contributed by atoms with Gasteiger partial charge in [-0.2, -0.15) is 0 Å². The van der Waals surface area contributed by atoms with Crippen LogP contribution in [0.15, 0.2) is 28.0 Å². The lowest BCUT2D eigenvalue weighted by molar-refractivity contribution is 0.511. The lowest BCUT2D eigenvalue weighted by Gasteiger charge is -1.84. The summed E-state index contributed by atoms with van der Waals surface area (Å²) in [5.41, 5.74) is 1.88. The predicted molar refractivity (Wildman–Crippen MR) is 46.0 cm³/mol. The van der Waals surface area contributed by atoms with Gasteiger partial charge in [0.2, 0.25) is 0 Å². The summed E-state index contributed by atoms with van der Waals surface area (Å²) in [6.45, 7) is 1.98. The van der Waals surface area contributed by atoms with Crippen molar-refractivity contribution in [1.82, 2.24) is 4.98 Å². The molecule has 0 saturated heterocycles. The van der Waals surface area contributed by atoms with Crippen LogP contribution in [0.3, 0.4) is 0 Å². The molecular weight excluding hydrogens is 158 g/mol. The molecule has 0 fully saturated rings. The fourth-order valence-corrected chi connectivity index (χ4v) is 1.29. The van der Waals surface area contributed by atoms with Crippen LogP contribution < -0.4 is 0 Å². The van der Waals surface area contributed by atoms with E-state index in [0.717, 1.165) is 16.5 Å². The zero-order chi connectivity index (χ0) is 7.84. The Labute approximate surface area is 69.6 Å². The van der Waals surface area contributed by atoms with Crippen molar-refractivity contribution in [3.8, 4) is 0 Å². The van der Waals surface area contributed by atoms with Gasteiger partial charge in [0.05, 0.1) is 6.20 Å². The average Bonchev–Trinajstić information content (AvgIpc) is 2.30. The Kier molecular flexibility index (Phi) is 1.39. The lowest BCUT2D eigenvalue weighted by Crippen LogP contribution is -1.69. The number of fused-ring (bicyclic) bond motifs is 1. The van der Waals surface area contributed by atoms with Gasteiger partial charge in [-0.25, -0.2) is 0 Å². The maximum atomic E-state index is 5.30. The lowest BCUT2D eigenvalue weighted by atomic mass is 10.2. The second kappa shape index (κ2) is 2.27. The summed E-state index contributed by atoms with van der Waals surface area (Å²) in [4.78, 5) is 3.94. The Balaban J connectivity index is 2.92. The van der Waals surface area contributed by atoms with Crippen molar-refractivity contribution in [3.05, 3.63) is 24.0 Å². The molecule has 0 aromatic carbocycles. The molecule has 3 heteroatoms. The number of nitrogens with zero attached hydrogens (tertiary/aromatic N) is 1. The molecule has 0 N–H and O–H groups in total. The molecule has 0 bridgehead atoms. The highest BCUT2D eigenvalue weighted by molar-refractivity contribution is 7.80. The molecule has 2 nitrogen and oxygen atoms in total. The third kappa shape index (κ3) is 0.922. The van der Waals surface area contributed by atoms with Crippen molar-refractivity contribution in [2.75, 3.05) is 0 Å². The first-order valence-corrected chi connectivity index (χ1v) is 3.76. The van der Waals surface area contributed by atoms with Crippen molar-refractivity contribution >= 4 is 23.6 Å². The third-order valence-electron chi connectivity index (χ3n) is 1.72. The van der Waals surface area contributed by atoms with E-state index in [1.165, 1.54) is 0 Å². The van der Waals surface area contributed by atoms with Crippen LogP contribution >= 0.6 is 12.6 Å². The van der Waals surface area contributed by atoms with Gasteiger partial charge in [-0.1, -0.05) is 0 Å².